The number of nitrogens with zero attached hydrogens (tertiary/aromatic N) is 2. The Bertz CT molecular complexity index is 437. The molecule has 4 heteroatoms. The molecule has 17 heavy (non-hydrogen) atoms. The maximum Gasteiger partial charge on any atom is 0.253 e. The third-order valence-electron chi connectivity index (χ3n) is 2.63. The lowest BCUT2D eigenvalue weighted by Crippen LogP contribution is -2.37. The minimum absolute atomic E-state index is 0.00163. The zero-order chi connectivity index (χ0) is 12.8. The van der Waals surface area contributed by atoms with Crippen LogP contribution in [0.1, 0.15) is 22.8 Å². The number of benzene rings is 1. The molecule has 1 rings (SSSR count). The number of methoxy groups -OCH3 is 1. The van der Waals surface area contributed by atoms with Crippen LogP contribution in [0.15, 0.2) is 24.3 Å². The molecule has 0 N–H and O–H groups in total. The summed E-state index contributed by atoms with van der Waals surface area (Å²) in [6.07, 6.45) is 0. The minimum Gasteiger partial charge on any atom is -0.383 e. The van der Waals surface area contributed by atoms with Crippen LogP contribution in [-0.4, -0.2) is 37.6 Å². The molecule has 0 aliphatic carbocycles. The van der Waals surface area contributed by atoms with Gasteiger partial charge in [0.15, 0.2) is 0 Å². The number of hydrogen-bond donors (Lipinski definition) is 0. The fourth-order valence-corrected chi connectivity index (χ4v) is 1.48. The van der Waals surface area contributed by atoms with E-state index in [0.717, 1.165) is 0 Å². The van der Waals surface area contributed by atoms with Gasteiger partial charge in [0.2, 0.25) is 0 Å². The van der Waals surface area contributed by atoms with Gasteiger partial charge in [-0.3, -0.25) is 4.79 Å². The normalized spacial score (nSPS) is 11.6. The highest BCUT2D eigenvalue weighted by molar-refractivity contribution is 5.94. The number of carbonyl (C=O) groups excluding carboxylic acids is 1. The van der Waals surface area contributed by atoms with E-state index in [0.29, 0.717) is 17.7 Å². The molecule has 1 amide bonds. The van der Waals surface area contributed by atoms with Crippen LogP contribution in [0.25, 0.3) is 0 Å². The Balaban J connectivity index is 2.85. The zero-order valence-corrected chi connectivity index (χ0v) is 10.3. The monoisotopic (exact) mass is 232 g/mol. The number of amides is 1. The standard InChI is InChI=1S/C13H16N2O2/c1-10(9-17-3)15(2)13(16)12-6-4-5-11(7-12)8-14/h4-7,10H,9H2,1-3H3. The fraction of sp³-hybridized carbons (Fsp3) is 0.385. The van der Waals surface area contributed by atoms with Crippen molar-refractivity contribution < 1.29 is 9.53 Å². The van der Waals surface area contributed by atoms with E-state index in [9.17, 15) is 4.79 Å². The Labute approximate surface area is 101 Å². The van der Waals surface area contributed by atoms with E-state index in [1.54, 1.807) is 43.3 Å². The molecular formula is C13H16N2O2. The summed E-state index contributed by atoms with van der Waals surface area (Å²) in [5, 5.41) is 8.78. The Morgan fingerprint density at radius 1 is 1.59 bits per heavy atom. The lowest BCUT2D eigenvalue weighted by Gasteiger charge is -2.24. The summed E-state index contributed by atoms with van der Waals surface area (Å²) >= 11 is 0. The van der Waals surface area contributed by atoms with Crippen LogP contribution < -0.4 is 0 Å². The van der Waals surface area contributed by atoms with Gasteiger partial charge < -0.3 is 9.64 Å². The Morgan fingerprint density at radius 3 is 2.88 bits per heavy atom. The predicted octanol–water partition coefficient (Wildman–Crippen LogP) is 1.67. The molecule has 0 aliphatic rings. The molecule has 0 aliphatic heterocycles. The van der Waals surface area contributed by atoms with Crippen molar-refractivity contribution in [3.8, 4) is 6.07 Å². The van der Waals surface area contributed by atoms with Crippen LogP contribution in [0.3, 0.4) is 0 Å². The highest BCUT2D eigenvalue weighted by Crippen LogP contribution is 2.09. The second-order valence-corrected chi connectivity index (χ2v) is 3.91. The summed E-state index contributed by atoms with van der Waals surface area (Å²) in [6, 6.07) is 8.71. The van der Waals surface area contributed by atoms with Gasteiger partial charge in [-0.15, -0.1) is 0 Å². The van der Waals surface area contributed by atoms with Gasteiger partial charge in [-0.2, -0.15) is 5.26 Å². The van der Waals surface area contributed by atoms with Crippen molar-refractivity contribution in [3.63, 3.8) is 0 Å². The number of nitriles is 1. The first-order valence-corrected chi connectivity index (χ1v) is 5.36. The van der Waals surface area contributed by atoms with Crippen LogP contribution in [0.2, 0.25) is 0 Å². The second kappa shape index (κ2) is 6.02. The maximum absolute atomic E-state index is 12.1. The SMILES string of the molecule is COCC(C)N(C)C(=O)c1cccc(C#N)c1. The highest BCUT2D eigenvalue weighted by atomic mass is 16.5. The van der Waals surface area contributed by atoms with E-state index >= 15 is 0 Å². The summed E-state index contributed by atoms with van der Waals surface area (Å²) in [7, 11) is 3.33. The summed E-state index contributed by atoms with van der Waals surface area (Å²) in [4.78, 5) is 13.7. The molecule has 0 aromatic heterocycles. The van der Waals surface area contributed by atoms with Gasteiger partial charge in [-0.1, -0.05) is 6.07 Å². The third-order valence-corrected chi connectivity index (χ3v) is 2.63. The number of likely N-dealkylation sites (N-methyl/N-ethyl adjacent to an activating group) is 1. The number of carbonyl (C=O) groups is 1. The molecule has 1 unspecified atom stereocenters. The van der Waals surface area contributed by atoms with E-state index in [1.165, 1.54) is 0 Å². The quantitative estimate of drug-likeness (QED) is 0.793. The molecule has 90 valence electrons. The largest absolute Gasteiger partial charge is 0.383 e. The summed E-state index contributed by atoms with van der Waals surface area (Å²) in [5.41, 5.74) is 1.01. The topological polar surface area (TPSA) is 53.3 Å². The first-order chi connectivity index (χ1) is 8.10. The van der Waals surface area contributed by atoms with Crippen LogP contribution in [0, 0.1) is 11.3 Å². The minimum atomic E-state index is -0.105. The predicted molar refractivity (Wildman–Crippen MR) is 64.6 cm³/mol. The number of ether oxygens (including phenoxy) is 1. The molecule has 1 aromatic rings. The highest BCUT2D eigenvalue weighted by Gasteiger charge is 2.17. The van der Waals surface area contributed by atoms with E-state index in [4.69, 9.17) is 10.00 Å². The summed E-state index contributed by atoms with van der Waals surface area (Å²) in [6.45, 7) is 2.40. The third kappa shape index (κ3) is 3.30. The van der Waals surface area contributed by atoms with Crippen molar-refractivity contribution in [1.29, 1.82) is 5.26 Å². The van der Waals surface area contributed by atoms with Crippen LogP contribution >= 0.6 is 0 Å². The molecule has 0 saturated carbocycles. The van der Waals surface area contributed by atoms with Crippen LogP contribution in [0.4, 0.5) is 0 Å². The van der Waals surface area contributed by atoms with E-state index in [1.807, 2.05) is 13.0 Å². The molecule has 0 bridgehead atoms. The van der Waals surface area contributed by atoms with E-state index < -0.39 is 0 Å². The molecule has 0 spiro atoms. The average molecular weight is 232 g/mol. The van der Waals surface area contributed by atoms with Crippen LogP contribution in [-0.2, 0) is 4.74 Å². The van der Waals surface area contributed by atoms with Gasteiger partial charge in [0.1, 0.15) is 0 Å². The van der Waals surface area contributed by atoms with E-state index in [-0.39, 0.29) is 11.9 Å². The first kappa shape index (κ1) is 13.2. The zero-order valence-electron chi connectivity index (χ0n) is 10.3. The lowest BCUT2D eigenvalue weighted by molar-refractivity contribution is 0.0633. The fourth-order valence-electron chi connectivity index (χ4n) is 1.48. The molecule has 1 atom stereocenters. The molecular weight excluding hydrogens is 216 g/mol. The maximum atomic E-state index is 12.1. The smallest absolute Gasteiger partial charge is 0.253 e. The average Bonchev–Trinajstić information content (AvgIpc) is 2.37. The van der Waals surface area contributed by atoms with Gasteiger partial charge >= 0.3 is 0 Å². The molecule has 0 radical (unpaired) electrons. The van der Waals surface area contributed by atoms with Gasteiger partial charge in [0.05, 0.1) is 24.3 Å². The molecule has 0 heterocycles. The molecule has 0 saturated heterocycles. The summed E-state index contributed by atoms with van der Waals surface area (Å²) in [5.74, 6) is -0.105. The number of hydrogen-bond acceptors (Lipinski definition) is 3. The first-order valence-electron chi connectivity index (χ1n) is 5.36. The van der Waals surface area contributed by atoms with Crippen LogP contribution in [0.5, 0.6) is 0 Å². The Hall–Kier alpha value is -1.86. The number of rotatable bonds is 4. The second-order valence-electron chi connectivity index (χ2n) is 3.91. The van der Waals surface area contributed by atoms with Crippen molar-refractivity contribution in [2.45, 2.75) is 13.0 Å². The lowest BCUT2D eigenvalue weighted by atomic mass is 10.1. The van der Waals surface area contributed by atoms with Crippen molar-refractivity contribution in [3.05, 3.63) is 35.4 Å². The van der Waals surface area contributed by atoms with Crippen molar-refractivity contribution >= 4 is 5.91 Å². The van der Waals surface area contributed by atoms with E-state index in [2.05, 4.69) is 0 Å². The van der Waals surface area contributed by atoms with Crippen molar-refractivity contribution in [1.82, 2.24) is 4.90 Å². The molecule has 4 nitrogen and oxygen atoms in total. The summed E-state index contributed by atoms with van der Waals surface area (Å²) < 4.78 is 5.01. The molecule has 1 aromatic carbocycles. The van der Waals surface area contributed by atoms with Gasteiger partial charge in [0.25, 0.3) is 5.91 Å². The van der Waals surface area contributed by atoms with Gasteiger partial charge in [-0.05, 0) is 25.1 Å². The Kier molecular flexibility index (Phi) is 4.68. The Morgan fingerprint density at radius 2 is 2.29 bits per heavy atom. The van der Waals surface area contributed by atoms with Gasteiger partial charge in [0, 0.05) is 19.7 Å². The molecule has 0 fully saturated rings. The van der Waals surface area contributed by atoms with Crippen molar-refractivity contribution in [2.24, 2.45) is 0 Å². The van der Waals surface area contributed by atoms with Gasteiger partial charge in [-0.25, -0.2) is 0 Å². The van der Waals surface area contributed by atoms with Crippen molar-refractivity contribution in [2.75, 3.05) is 20.8 Å².